The molecule has 3 heterocycles. The van der Waals surface area contributed by atoms with Crippen molar-refractivity contribution in [1.82, 2.24) is 25.3 Å². The van der Waals surface area contributed by atoms with Crippen LogP contribution in [0.2, 0.25) is 0 Å². The molecule has 184 valence electrons. The molecule has 2 atom stereocenters. The first-order valence-electron chi connectivity index (χ1n) is 12.3. The largest absolute Gasteiger partial charge is 0.489 e. The highest BCUT2D eigenvalue weighted by Gasteiger charge is 2.42. The Hall–Kier alpha value is -3.23. The van der Waals surface area contributed by atoms with Crippen molar-refractivity contribution < 1.29 is 13.9 Å². The number of ether oxygens (including phenoxy) is 1. The van der Waals surface area contributed by atoms with Gasteiger partial charge in [0.1, 0.15) is 17.7 Å². The van der Waals surface area contributed by atoms with Crippen molar-refractivity contribution >= 4 is 5.91 Å². The zero-order chi connectivity index (χ0) is 24.2. The molecular weight excluding hydrogens is 445 g/mol. The van der Waals surface area contributed by atoms with Gasteiger partial charge in [-0.3, -0.25) is 19.7 Å². The van der Waals surface area contributed by atoms with Crippen LogP contribution in [-0.2, 0) is 11.3 Å². The van der Waals surface area contributed by atoms with Gasteiger partial charge in [-0.2, -0.15) is 5.10 Å². The Bertz CT molecular complexity index is 1110. The van der Waals surface area contributed by atoms with Crippen LogP contribution in [0.25, 0.3) is 11.3 Å². The van der Waals surface area contributed by atoms with E-state index in [4.69, 9.17) is 4.74 Å². The summed E-state index contributed by atoms with van der Waals surface area (Å²) in [5.74, 6) is 0.668. The Morgan fingerprint density at radius 2 is 1.89 bits per heavy atom. The number of nitrogens with one attached hydrogen (secondary N) is 2. The van der Waals surface area contributed by atoms with Gasteiger partial charge in [0.15, 0.2) is 0 Å². The molecule has 3 aromatic rings. The van der Waals surface area contributed by atoms with Crippen LogP contribution in [0, 0.1) is 5.82 Å². The number of benzene rings is 2. The summed E-state index contributed by atoms with van der Waals surface area (Å²) >= 11 is 0. The summed E-state index contributed by atoms with van der Waals surface area (Å²) in [4.78, 5) is 17.5. The van der Waals surface area contributed by atoms with Crippen molar-refractivity contribution in [2.24, 2.45) is 0 Å². The molecule has 2 saturated heterocycles. The summed E-state index contributed by atoms with van der Waals surface area (Å²) in [6, 6.07) is 16.5. The fourth-order valence-electron chi connectivity index (χ4n) is 5.37. The molecule has 7 nitrogen and oxygen atoms in total. The van der Waals surface area contributed by atoms with Crippen LogP contribution in [-0.4, -0.2) is 70.8 Å². The van der Waals surface area contributed by atoms with Crippen LogP contribution in [0.4, 0.5) is 4.39 Å². The molecule has 1 aromatic heterocycles. The number of hydrogen-bond donors (Lipinski definition) is 2. The van der Waals surface area contributed by atoms with Gasteiger partial charge in [-0.05, 0) is 62.3 Å². The molecule has 2 N–H and O–H groups in total. The number of nitrogens with zero attached hydrogens (tertiary/aromatic N) is 3. The van der Waals surface area contributed by atoms with Gasteiger partial charge >= 0.3 is 0 Å². The third-order valence-electron chi connectivity index (χ3n) is 7.17. The number of aromatic amines is 1. The minimum absolute atomic E-state index is 0.00178. The van der Waals surface area contributed by atoms with Gasteiger partial charge in [0, 0.05) is 43.7 Å². The molecule has 2 aliphatic rings. The summed E-state index contributed by atoms with van der Waals surface area (Å²) < 4.78 is 19.5. The molecule has 5 rings (SSSR count). The number of H-pyrrole nitrogens is 1. The Balaban J connectivity index is 1.20. The predicted octanol–water partition coefficient (Wildman–Crippen LogP) is 3.45. The number of amides is 1. The summed E-state index contributed by atoms with van der Waals surface area (Å²) in [5, 5.41) is 10.1. The number of hydrogen-bond acceptors (Lipinski definition) is 5. The Kier molecular flexibility index (Phi) is 7.11. The van der Waals surface area contributed by atoms with Crippen molar-refractivity contribution in [1.29, 1.82) is 0 Å². The Labute approximate surface area is 205 Å². The summed E-state index contributed by atoms with van der Waals surface area (Å²) in [6.07, 6.45) is 4.55. The topological polar surface area (TPSA) is 73.5 Å². The van der Waals surface area contributed by atoms with E-state index in [1.54, 1.807) is 19.2 Å². The van der Waals surface area contributed by atoms with E-state index in [0.29, 0.717) is 12.5 Å². The lowest BCUT2D eigenvalue weighted by atomic mass is 10.0. The summed E-state index contributed by atoms with van der Waals surface area (Å²) in [5.41, 5.74) is 2.98. The molecule has 2 fully saturated rings. The van der Waals surface area contributed by atoms with Gasteiger partial charge in [0.05, 0.1) is 17.9 Å². The van der Waals surface area contributed by atoms with Crippen molar-refractivity contribution in [3.63, 3.8) is 0 Å². The van der Waals surface area contributed by atoms with Crippen LogP contribution < -0.4 is 10.1 Å². The minimum Gasteiger partial charge on any atom is -0.489 e. The quantitative estimate of drug-likeness (QED) is 0.545. The van der Waals surface area contributed by atoms with Crippen molar-refractivity contribution in [2.45, 2.75) is 44.0 Å². The average molecular weight is 478 g/mol. The number of carbonyl (C=O) groups is 1. The zero-order valence-corrected chi connectivity index (χ0v) is 20.0. The van der Waals surface area contributed by atoms with E-state index in [2.05, 4.69) is 25.3 Å². The lowest BCUT2D eigenvalue weighted by Crippen LogP contribution is -2.50. The van der Waals surface area contributed by atoms with E-state index in [1.807, 2.05) is 36.5 Å². The third kappa shape index (κ3) is 5.39. The highest BCUT2D eigenvalue weighted by Crippen LogP contribution is 2.30. The number of likely N-dealkylation sites (tertiary alicyclic amines) is 2. The standard InChI is InChI=1S/C27H32FN5O2/c1-29-27(34)25-15-24(35-23-5-3-2-4-6-23)18-33(25)22-11-13-32(14-12-22)17-20-16-30-31-26(20)19-7-9-21(28)10-8-19/h2-10,16,22,24-25H,11-15,17-18H2,1H3,(H,29,34)(H,30,31)/t24-,25-/m0/s1. The van der Waals surface area contributed by atoms with Crippen molar-refractivity contribution in [3.8, 4) is 17.0 Å². The zero-order valence-electron chi connectivity index (χ0n) is 20.0. The predicted molar refractivity (Wildman–Crippen MR) is 132 cm³/mol. The highest BCUT2D eigenvalue weighted by atomic mass is 19.1. The smallest absolute Gasteiger partial charge is 0.237 e. The number of carbonyl (C=O) groups excluding carboxylic acids is 1. The first-order valence-corrected chi connectivity index (χ1v) is 12.3. The number of para-hydroxylation sites is 1. The maximum Gasteiger partial charge on any atom is 0.237 e. The lowest BCUT2D eigenvalue weighted by Gasteiger charge is -2.38. The Morgan fingerprint density at radius 3 is 2.60 bits per heavy atom. The maximum absolute atomic E-state index is 13.3. The fourth-order valence-corrected chi connectivity index (χ4v) is 5.37. The molecule has 2 aromatic carbocycles. The first-order chi connectivity index (χ1) is 17.1. The van der Waals surface area contributed by atoms with E-state index >= 15 is 0 Å². The van der Waals surface area contributed by atoms with Gasteiger partial charge in [0.2, 0.25) is 5.91 Å². The second kappa shape index (κ2) is 10.6. The summed E-state index contributed by atoms with van der Waals surface area (Å²) in [6.45, 7) is 3.43. The van der Waals surface area contributed by atoms with Gasteiger partial charge in [-0.15, -0.1) is 0 Å². The van der Waals surface area contributed by atoms with Crippen LogP contribution in [0.3, 0.4) is 0 Å². The van der Waals surface area contributed by atoms with Gasteiger partial charge in [-0.1, -0.05) is 18.2 Å². The van der Waals surface area contributed by atoms with Crippen LogP contribution >= 0.6 is 0 Å². The van der Waals surface area contributed by atoms with Crippen molar-refractivity contribution in [3.05, 3.63) is 72.2 Å². The number of halogens is 1. The van der Waals surface area contributed by atoms with Crippen LogP contribution in [0.5, 0.6) is 5.75 Å². The molecule has 1 amide bonds. The number of piperidine rings is 1. The SMILES string of the molecule is CNC(=O)[C@@H]1C[C@H](Oc2ccccc2)CN1C1CCN(Cc2cn[nH]c2-c2ccc(F)cc2)CC1. The van der Waals surface area contributed by atoms with Crippen molar-refractivity contribution in [2.75, 3.05) is 26.7 Å². The van der Waals surface area contributed by atoms with Gasteiger partial charge < -0.3 is 10.1 Å². The highest BCUT2D eigenvalue weighted by molar-refractivity contribution is 5.82. The summed E-state index contributed by atoms with van der Waals surface area (Å²) in [7, 11) is 1.71. The molecule has 0 saturated carbocycles. The second-order valence-corrected chi connectivity index (χ2v) is 9.40. The second-order valence-electron chi connectivity index (χ2n) is 9.40. The van der Waals surface area contributed by atoms with Crippen LogP contribution in [0.1, 0.15) is 24.8 Å². The Morgan fingerprint density at radius 1 is 1.14 bits per heavy atom. The van der Waals surface area contributed by atoms with Gasteiger partial charge in [-0.25, -0.2) is 4.39 Å². The number of likely N-dealkylation sites (N-methyl/N-ethyl adjacent to an activating group) is 1. The van der Waals surface area contributed by atoms with E-state index in [-0.39, 0.29) is 23.9 Å². The minimum atomic E-state index is -0.245. The van der Waals surface area contributed by atoms with Crippen LogP contribution in [0.15, 0.2) is 60.8 Å². The molecule has 0 radical (unpaired) electrons. The lowest BCUT2D eigenvalue weighted by molar-refractivity contribution is -0.126. The molecule has 8 heteroatoms. The molecule has 0 aliphatic carbocycles. The normalized spacial score (nSPS) is 21.8. The average Bonchev–Trinajstić information content (AvgIpc) is 3.52. The van der Waals surface area contributed by atoms with E-state index < -0.39 is 0 Å². The van der Waals surface area contributed by atoms with E-state index in [0.717, 1.165) is 61.6 Å². The molecule has 0 spiro atoms. The fraction of sp³-hybridized carbons (Fsp3) is 0.407. The third-order valence-corrected chi connectivity index (χ3v) is 7.17. The molecule has 2 aliphatic heterocycles. The number of aromatic nitrogens is 2. The van der Waals surface area contributed by atoms with E-state index in [9.17, 15) is 9.18 Å². The number of rotatable bonds is 7. The molecule has 35 heavy (non-hydrogen) atoms. The monoisotopic (exact) mass is 477 g/mol. The first kappa shape index (κ1) is 23.5. The van der Waals surface area contributed by atoms with Gasteiger partial charge in [0.25, 0.3) is 0 Å². The molecular formula is C27H32FN5O2. The molecule has 0 unspecified atom stereocenters. The molecule has 0 bridgehead atoms. The van der Waals surface area contributed by atoms with E-state index in [1.165, 1.54) is 12.1 Å². The maximum atomic E-state index is 13.3.